The Morgan fingerprint density at radius 1 is 1.23 bits per heavy atom. The quantitative estimate of drug-likeness (QED) is 0.888. The second-order valence-corrected chi connectivity index (χ2v) is 6.07. The highest BCUT2D eigenvalue weighted by atomic mass is 32.1. The second-order valence-electron chi connectivity index (χ2n) is 5.12. The average Bonchev–Trinajstić information content (AvgIpc) is 3.03. The molecule has 0 spiro atoms. The fourth-order valence-corrected chi connectivity index (χ4v) is 2.80. The number of para-hydroxylation sites is 1. The fourth-order valence-electron chi connectivity index (χ4n) is 2.17. The molecule has 0 radical (unpaired) electrons. The van der Waals surface area contributed by atoms with Crippen LogP contribution >= 0.6 is 11.3 Å². The Hall–Kier alpha value is -2.14. The molecule has 0 aliphatic heterocycles. The van der Waals surface area contributed by atoms with Crippen LogP contribution in [0.25, 0.3) is 0 Å². The molecule has 2 rings (SSSR count). The number of benzene rings is 1. The van der Waals surface area contributed by atoms with Crippen LogP contribution in [0.15, 0.2) is 35.7 Å². The second kappa shape index (κ2) is 7.22. The topological polar surface area (TPSA) is 58.2 Å². The SMILES string of the molecule is CCc1cccc(C)c1NC(=O)[C@@H](C)NC(=O)c1cccs1. The summed E-state index contributed by atoms with van der Waals surface area (Å²) >= 11 is 1.35. The normalized spacial score (nSPS) is 11.8. The van der Waals surface area contributed by atoms with Crippen molar-refractivity contribution < 1.29 is 9.59 Å². The lowest BCUT2D eigenvalue weighted by Crippen LogP contribution is -2.41. The summed E-state index contributed by atoms with van der Waals surface area (Å²) in [5.74, 6) is -0.438. The monoisotopic (exact) mass is 316 g/mol. The van der Waals surface area contributed by atoms with Crippen molar-refractivity contribution in [3.63, 3.8) is 0 Å². The van der Waals surface area contributed by atoms with E-state index in [0.29, 0.717) is 4.88 Å². The molecule has 0 bridgehead atoms. The van der Waals surface area contributed by atoms with Crippen LogP contribution in [0.3, 0.4) is 0 Å². The number of thiophene rings is 1. The van der Waals surface area contributed by atoms with E-state index in [1.54, 1.807) is 13.0 Å². The zero-order chi connectivity index (χ0) is 16.1. The van der Waals surface area contributed by atoms with Crippen LogP contribution in [0.2, 0.25) is 0 Å². The molecule has 4 nitrogen and oxygen atoms in total. The number of anilines is 1. The summed E-state index contributed by atoms with van der Waals surface area (Å²) in [4.78, 5) is 24.9. The maximum Gasteiger partial charge on any atom is 0.261 e. The van der Waals surface area contributed by atoms with Crippen LogP contribution in [0, 0.1) is 6.92 Å². The zero-order valence-electron chi connectivity index (χ0n) is 13.0. The van der Waals surface area contributed by atoms with Crippen LogP contribution in [0.5, 0.6) is 0 Å². The average molecular weight is 316 g/mol. The minimum atomic E-state index is -0.598. The molecule has 1 atom stereocenters. The molecule has 2 amide bonds. The van der Waals surface area contributed by atoms with Gasteiger partial charge in [-0.2, -0.15) is 0 Å². The van der Waals surface area contributed by atoms with E-state index in [1.165, 1.54) is 11.3 Å². The Labute approximate surface area is 134 Å². The van der Waals surface area contributed by atoms with Crippen LogP contribution < -0.4 is 10.6 Å². The zero-order valence-corrected chi connectivity index (χ0v) is 13.8. The first-order chi connectivity index (χ1) is 10.5. The van der Waals surface area contributed by atoms with Crippen LogP contribution in [0.4, 0.5) is 5.69 Å². The maximum atomic E-state index is 12.3. The summed E-state index contributed by atoms with van der Waals surface area (Å²) in [5, 5.41) is 7.48. The number of carbonyl (C=O) groups excluding carboxylic acids is 2. The molecule has 0 aliphatic rings. The Morgan fingerprint density at radius 3 is 2.64 bits per heavy atom. The summed E-state index contributed by atoms with van der Waals surface area (Å²) in [5.41, 5.74) is 2.95. The molecular weight excluding hydrogens is 296 g/mol. The maximum absolute atomic E-state index is 12.3. The first kappa shape index (κ1) is 16.2. The van der Waals surface area contributed by atoms with E-state index in [1.807, 2.05) is 43.5 Å². The summed E-state index contributed by atoms with van der Waals surface area (Å²) < 4.78 is 0. The number of rotatable bonds is 5. The molecule has 0 saturated heterocycles. The molecule has 1 heterocycles. The predicted molar refractivity (Wildman–Crippen MR) is 90.4 cm³/mol. The Kier molecular flexibility index (Phi) is 5.33. The Morgan fingerprint density at radius 2 is 2.00 bits per heavy atom. The number of hydrogen-bond acceptors (Lipinski definition) is 3. The van der Waals surface area contributed by atoms with E-state index in [0.717, 1.165) is 23.2 Å². The van der Waals surface area contributed by atoms with E-state index in [4.69, 9.17) is 0 Å². The van der Waals surface area contributed by atoms with Gasteiger partial charge in [0.15, 0.2) is 0 Å². The molecule has 1 aromatic carbocycles. The number of hydrogen-bond donors (Lipinski definition) is 2. The van der Waals surface area contributed by atoms with Gasteiger partial charge in [-0.3, -0.25) is 9.59 Å². The highest BCUT2D eigenvalue weighted by Gasteiger charge is 2.18. The molecular formula is C17H20N2O2S. The predicted octanol–water partition coefficient (Wildman–Crippen LogP) is 3.38. The molecule has 1 aromatic heterocycles. The molecule has 22 heavy (non-hydrogen) atoms. The van der Waals surface area contributed by atoms with E-state index in [2.05, 4.69) is 10.6 Å². The highest BCUT2D eigenvalue weighted by molar-refractivity contribution is 7.12. The first-order valence-electron chi connectivity index (χ1n) is 7.26. The first-order valence-corrected chi connectivity index (χ1v) is 8.14. The molecule has 0 aliphatic carbocycles. The van der Waals surface area contributed by atoms with Gasteiger partial charge in [0, 0.05) is 5.69 Å². The van der Waals surface area contributed by atoms with Gasteiger partial charge in [0.2, 0.25) is 5.91 Å². The molecule has 0 fully saturated rings. The van der Waals surface area contributed by atoms with Crippen molar-refractivity contribution in [2.45, 2.75) is 33.2 Å². The number of carbonyl (C=O) groups is 2. The van der Waals surface area contributed by atoms with Crippen molar-refractivity contribution in [1.82, 2.24) is 5.32 Å². The Balaban J connectivity index is 2.04. The summed E-state index contributed by atoms with van der Waals surface area (Å²) in [7, 11) is 0. The molecule has 0 saturated carbocycles. The third-order valence-corrected chi connectivity index (χ3v) is 4.34. The van der Waals surface area contributed by atoms with Crippen LogP contribution in [-0.2, 0) is 11.2 Å². The summed E-state index contributed by atoms with van der Waals surface area (Å²) in [6.07, 6.45) is 0.841. The van der Waals surface area contributed by atoms with Gasteiger partial charge < -0.3 is 10.6 Å². The lowest BCUT2D eigenvalue weighted by atomic mass is 10.1. The van der Waals surface area contributed by atoms with Crippen molar-refractivity contribution in [2.75, 3.05) is 5.32 Å². The van der Waals surface area contributed by atoms with Crippen molar-refractivity contribution in [1.29, 1.82) is 0 Å². The van der Waals surface area contributed by atoms with Crippen molar-refractivity contribution >= 4 is 28.8 Å². The number of amides is 2. The van der Waals surface area contributed by atoms with Gasteiger partial charge in [-0.05, 0) is 42.8 Å². The smallest absolute Gasteiger partial charge is 0.261 e. The summed E-state index contributed by atoms with van der Waals surface area (Å²) in [6, 6.07) is 8.89. The Bertz CT molecular complexity index is 665. The van der Waals surface area contributed by atoms with Gasteiger partial charge in [0.05, 0.1) is 4.88 Å². The van der Waals surface area contributed by atoms with Crippen LogP contribution in [0.1, 0.15) is 34.6 Å². The summed E-state index contributed by atoms with van der Waals surface area (Å²) in [6.45, 7) is 5.70. The van der Waals surface area contributed by atoms with E-state index in [9.17, 15) is 9.59 Å². The third kappa shape index (κ3) is 3.74. The molecule has 116 valence electrons. The molecule has 2 aromatic rings. The van der Waals surface area contributed by atoms with Crippen LogP contribution in [-0.4, -0.2) is 17.9 Å². The largest absolute Gasteiger partial charge is 0.340 e. The van der Waals surface area contributed by atoms with Gasteiger partial charge in [0.25, 0.3) is 5.91 Å². The standard InChI is InChI=1S/C17H20N2O2S/c1-4-13-8-5-7-11(2)15(13)19-16(20)12(3)18-17(21)14-9-6-10-22-14/h5-10,12H,4H2,1-3H3,(H,18,21)(H,19,20)/t12-/m1/s1. The lowest BCUT2D eigenvalue weighted by Gasteiger charge is -2.17. The highest BCUT2D eigenvalue weighted by Crippen LogP contribution is 2.21. The van der Waals surface area contributed by atoms with Gasteiger partial charge in [-0.15, -0.1) is 11.3 Å². The van der Waals surface area contributed by atoms with Crippen molar-refractivity contribution in [3.8, 4) is 0 Å². The fraction of sp³-hybridized carbons (Fsp3) is 0.294. The molecule has 0 unspecified atom stereocenters. The van der Waals surface area contributed by atoms with Gasteiger partial charge >= 0.3 is 0 Å². The number of nitrogens with one attached hydrogen (secondary N) is 2. The minimum absolute atomic E-state index is 0.214. The van der Waals surface area contributed by atoms with Crippen molar-refractivity contribution in [3.05, 3.63) is 51.7 Å². The lowest BCUT2D eigenvalue weighted by molar-refractivity contribution is -0.117. The van der Waals surface area contributed by atoms with Gasteiger partial charge in [-0.1, -0.05) is 31.2 Å². The van der Waals surface area contributed by atoms with Gasteiger partial charge in [-0.25, -0.2) is 0 Å². The van der Waals surface area contributed by atoms with E-state index in [-0.39, 0.29) is 11.8 Å². The van der Waals surface area contributed by atoms with E-state index < -0.39 is 6.04 Å². The number of aryl methyl sites for hydroxylation is 2. The van der Waals surface area contributed by atoms with Gasteiger partial charge in [0.1, 0.15) is 6.04 Å². The molecule has 5 heteroatoms. The minimum Gasteiger partial charge on any atom is -0.340 e. The third-order valence-electron chi connectivity index (χ3n) is 3.47. The van der Waals surface area contributed by atoms with Crippen molar-refractivity contribution in [2.24, 2.45) is 0 Å². The van der Waals surface area contributed by atoms with E-state index >= 15 is 0 Å². The molecule has 2 N–H and O–H groups in total.